The van der Waals surface area contributed by atoms with Gasteiger partial charge in [-0.25, -0.2) is 22.0 Å². The van der Waals surface area contributed by atoms with E-state index in [1.807, 2.05) is 0 Å². The number of allylic oxidation sites excluding steroid dienone is 2. The Bertz CT molecular complexity index is 1170. The number of hydrogen-bond donors (Lipinski definition) is 0. The highest BCUT2D eigenvalue weighted by Gasteiger charge is 2.14. The topological polar surface area (TPSA) is 22.1 Å². The average molecular weight is 473 g/mol. The second-order valence-corrected chi connectivity index (χ2v) is 7.68. The molecule has 0 atom stereocenters. The Hall–Kier alpha value is -3.48. The summed E-state index contributed by atoms with van der Waals surface area (Å²) in [4.78, 5) is 4.19. The van der Waals surface area contributed by atoms with Crippen LogP contribution >= 0.6 is 0 Å². The smallest absolute Gasteiger partial charge is 0.161 e. The van der Waals surface area contributed by atoms with Crippen LogP contribution in [0.5, 0.6) is 5.75 Å². The Balaban J connectivity index is 1.70. The summed E-state index contributed by atoms with van der Waals surface area (Å²) in [5.41, 5.74) is 0.862. The van der Waals surface area contributed by atoms with Crippen LogP contribution in [-0.2, 0) is 13.0 Å². The molecule has 0 saturated heterocycles. The van der Waals surface area contributed by atoms with Gasteiger partial charge in [0.1, 0.15) is 35.6 Å². The molecule has 0 N–H and O–H groups in total. The molecule has 0 aliphatic carbocycles. The van der Waals surface area contributed by atoms with Crippen molar-refractivity contribution in [1.29, 1.82) is 0 Å². The summed E-state index contributed by atoms with van der Waals surface area (Å²) in [7, 11) is 0. The number of halogens is 5. The number of pyridine rings is 1. The van der Waals surface area contributed by atoms with E-state index in [0.717, 1.165) is 18.2 Å². The van der Waals surface area contributed by atoms with Crippen LogP contribution in [-0.4, -0.2) is 4.98 Å². The zero-order chi connectivity index (χ0) is 24.7. The van der Waals surface area contributed by atoms with E-state index < -0.39 is 29.1 Å². The number of rotatable bonds is 10. The quantitative estimate of drug-likeness (QED) is 0.218. The summed E-state index contributed by atoms with van der Waals surface area (Å²) >= 11 is 0. The molecule has 0 radical (unpaired) electrons. The third-order valence-electron chi connectivity index (χ3n) is 5.17. The lowest BCUT2D eigenvalue weighted by atomic mass is 10.0. The van der Waals surface area contributed by atoms with Crippen LogP contribution in [0.4, 0.5) is 22.0 Å². The molecule has 3 rings (SSSR count). The maximum atomic E-state index is 14.6. The minimum atomic E-state index is -1.07. The second-order valence-electron chi connectivity index (χ2n) is 7.68. The first-order valence-electron chi connectivity index (χ1n) is 10.8. The minimum absolute atomic E-state index is 0.0220. The first kappa shape index (κ1) is 25.1. The summed E-state index contributed by atoms with van der Waals surface area (Å²) in [6.07, 6.45) is 4.03. The second kappa shape index (κ2) is 11.6. The summed E-state index contributed by atoms with van der Waals surface area (Å²) in [5, 5.41) is 0. The van der Waals surface area contributed by atoms with Gasteiger partial charge in [-0.1, -0.05) is 31.2 Å². The van der Waals surface area contributed by atoms with E-state index in [-0.39, 0.29) is 41.9 Å². The monoisotopic (exact) mass is 473 g/mol. The Morgan fingerprint density at radius 2 is 1.74 bits per heavy atom. The Morgan fingerprint density at radius 3 is 2.32 bits per heavy atom. The molecule has 7 heteroatoms. The van der Waals surface area contributed by atoms with Crippen molar-refractivity contribution >= 4 is 5.83 Å². The van der Waals surface area contributed by atoms with Gasteiger partial charge in [0.15, 0.2) is 5.83 Å². The standard InChI is InChI=1S/C27H24F5NO/c1-3-5-7-22-25(30)13-20(14-26(22)31)34-16-19-10-8-18(15-33-19)21-11-9-17(12-24(21)29)27(32)23(28)6-4-2/h3,8-15H,1,4-7,16H2,2H3/b27-23+. The van der Waals surface area contributed by atoms with E-state index in [9.17, 15) is 22.0 Å². The van der Waals surface area contributed by atoms with Crippen LogP contribution in [0.3, 0.4) is 0 Å². The van der Waals surface area contributed by atoms with Crippen molar-refractivity contribution in [2.24, 2.45) is 0 Å². The van der Waals surface area contributed by atoms with Crippen LogP contribution in [0, 0.1) is 17.5 Å². The molecule has 0 aliphatic rings. The van der Waals surface area contributed by atoms with Gasteiger partial charge in [-0.3, -0.25) is 4.98 Å². The van der Waals surface area contributed by atoms with Crippen molar-refractivity contribution in [3.8, 4) is 16.9 Å². The lowest BCUT2D eigenvalue weighted by Crippen LogP contribution is -2.01. The third-order valence-corrected chi connectivity index (χ3v) is 5.17. The lowest BCUT2D eigenvalue weighted by Gasteiger charge is -2.10. The van der Waals surface area contributed by atoms with Crippen LogP contribution in [0.1, 0.15) is 43.0 Å². The fourth-order valence-corrected chi connectivity index (χ4v) is 3.35. The number of ether oxygens (including phenoxy) is 1. The fraction of sp³-hybridized carbons (Fsp3) is 0.222. The molecule has 0 spiro atoms. The molecule has 0 unspecified atom stereocenters. The minimum Gasteiger partial charge on any atom is -0.487 e. The van der Waals surface area contributed by atoms with Crippen molar-refractivity contribution in [3.63, 3.8) is 0 Å². The maximum Gasteiger partial charge on any atom is 0.161 e. The van der Waals surface area contributed by atoms with E-state index in [2.05, 4.69) is 11.6 Å². The van der Waals surface area contributed by atoms with Crippen LogP contribution in [0.15, 0.2) is 67.1 Å². The SMILES string of the molecule is C=CCCc1c(F)cc(OCc2ccc(-c3ccc(/C(F)=C(\F)CCC)cc3F)cn2)cc1F. The van der Waals surface area contributed by atoms with Gasteiger partial charge in [0.25, 0.3) is 0 Å². The molecule has 0 fully saturated rings. The number of hydrogen-bond acceptors (Lipinski definition) is 2. The van der Waals surface area contributed by atoms with Crippen molar-refractivity contribution < 1.29 is 26.7 Å². The van der Waals surface area contributed by atoms with Gasteiger partial charge >= 0.3 is 0 Å². The van der Waals surface area contributed by atoms with Gasteiger partial charge < -0.3 is 4.74 Å². The van der Waals surface area contributed by atoms with Gasteiger partial charge in [0, 0.05) is 47.0 Å². The van der Waals surface area contributed by atoms with E-state index in [1.165, 1.54) is 18.3 Å². The van der Waals surface area contributed by atoms with Crippen LogP contribution < -0.4 is 4.74 Å². The van der Waals surface area contributed by atoms with Gasteiger partial charge in [0.05, 0.1) is 5.69 Å². The molecule has 0 aliphatic heterocycles. The number of benzene rings is 2. The molecular weight excluding hydrogens is 449 g/mol. The molecule has 2 aromatic carbocycles. The van der Waals surface area contributed by atoms with Crippen molar-refractivity contribution in [1.82, 2.24) is 4.98 Å². The van der Waals surface area contributed by atoms with Crippen molar-refractivity contribution in [2.75, 3.05) is 0 Å². The maximum absolute atomic E-state index is 14.6. The molecule has 1 aromatic heterocycles. The van der Waals surface area contributed by atoms with Crippen molar-refractivity contribution in [3.05, 3.63) is 101 Å². The zero-order valence-corrected chi connectivity index (χ0v) is 18.7. The van der Waals surface area contributed by atoms with E-state index in [1.54, 1.807) is 25.1 Å². The first-order chi connectivity index (χ1) is 16.3. The molecule has 34 heavy (non-hydrogen) atoms. The average Bonchev–Trinajstić information content (AvgIpc) is 2.82. The van der Waals surface area contributed by atoms with Gasteiger partial charge in [-0.2, -0.15) is 0 Å². The summed E-state index contributed by atoms with van der Waals surface area (Å²) < 4.78 is 76.1. The van der Waals surface area contributed by atoms with Gasteiger partial charge in [-0.15, -0.1) is 6.58 Å². The first-order valence-corrected chi connectivity index (χ1v) is 10.8. The number of nitrogens with zero attached hydrogens (tertiary/aromatic N) is 1. The third kappa shape index (κ3) is 6.10. The Kier molecular flexibility index (Phi) is 8.57. The van der Waals surface area contributed by atoms with Crippen LogP contribution in [0.2, 0.25) is 0 Å². The summed E-state index contributed by atoms with van der Waals surface area (Å²) in [6.45, 7) is 5.20. The molecule has 0 bridgehead atoms. The van der Waals surface area contributed by atoms with Gasteiger partial charge in [-0.05, 0) is 31.4 Å². The predicted molar refractivity (Wildman–Crippen MR) is 123 cm³/mol. The Morgan fingerprint density at radius 1 is 1.00 bits per heavy atom. The normalized spacial score (nSPS) is 11.8. The molecular formula is C27H24F5NO. The highest BCUT2D eigenvalue weighted by Crippen LogP contribution is 2.29. The number of aromatic nitrogens is 1. The van der Waals surface area contributed by atoms with E-state index in [4.69, 9.17) is 4.74 Å². The Labute approximate surface area is 195 Å². The molecule has 2 nitrogen and oxygen atoms in total. The van der Waals surface area contributed by atoms with Crippen LogP contribution in [0.25, 0.3) is 17.0 Å². The molecule has 0 saturated carbocycles. The molecule has 0 amide bonds. The highest BCUT2D eigenvalue weighted by molar-refractivity contribution is 5.68. The zero-order valence-electron chi connectivity index (χ0n) is 18.7. The molecule has 3 aromatic rings. The molecule has 1 heterocycles. The summed E-state index contributed by atoms with van der Waals surface area (Å²) in [5.74, 6) is -4.06. The van der Waals surface area contributed by atoms with E-state index in [0.29, 0.717) is 24.1 Å². The largest absolute Gasteiger partial charge is 0.487 e. The molecule has 178 valence electrons. The van der Waals surface area contributed by atoms with Gasteiger partial charge in [0.2, 0.25) is 0 Å². The summed E-state index contributed by atoms with van der Waals surface area (Å²) in [6, 6.07) is 9.01. The predicted octanol–water partition coefficient (Wildman–Crippen LogP) is 8.27. The van der Waals surface area contributed by atoms with E-state index >= 15 is 0 Å². The lowest BCUT2D eigenvalue weighted by molar-refractivity contribution is 0.297. The van der Waals surface area contributed by atoms with Crippen molar-refractivity contribution in [2.45, 2.75) is 39.2 Å². The highest BCUT2D eigenvalue weighted by atomic mass is 19.2. The fourth-order valence-electron chi connectivity index (χ4n) is 3.35.